The molecule has 1 atom stereocenters. The largest absolute Gasteiger partial charge is 0.271 e. The molecule has 1 aromatic carbocycles. The minimum absolute atomic E-state index is 0.0194. The molecule has 2 rings (SSSR count). The molecule has 20 heavy (non-hydrogen) atoms. The molecule has 0 spiro atoms. The van der Waals surface area contributed by atoms with E-state index in [1.807, 2.05) is 38.1 Å². The molecule has 0 amide bonds. The lowest BCUT2D eigenvalue weighted by Gasteiger charge is -2.18. The molecule has 0 saturated carbocycles. The van der Waals surface area contributed by atoms with Crippen molar-refractivity contribution in [3.05, 3.63) is 62.9 Å². The van der Waals surface area contributed by atoms with Crippen molar-refractivity contribution in [1.29, 1.82) is 0 Å². The zero-order valence-electron chi connectivity index (χ0n) is 11.5. The number of aryl methyl sites for hydroxylation is 2. The van der Waals surface area contributed by atoms with Crippen LogP contribution < -0.4 is 11.3 Å². The first-order valence-corrected chi connectivity index (χ1v) is 7.10. The van der Waals surface area contributed by atoms with Gasteiger partial charge in [-0.05, 0) is 55.7 Å². The summed E-state index contributed by atoms with van der Waals surface area (Å²) in [6, 6.07) is 9.54. The third-order valence-corrected chi connectivity index (χ3v) is 3.73. The topological polar surface area (TPSA) is 50.9 Å². The van der Waals surface area contributed by atoms with Gasteiger partial charge in [0, 0.05) is 21.4 Å². The van der Waals surface area contributed by atoms with E-state index in [1.54, 1.807) is 6.07 Å². The van der Waals surface area contributed by atoms with Gasteiger partial charge in [-0.15, -0.1) is 0 Å². The lowest BCUT2D eigenvalue weighted by molar-refractivity contribution is 0.550. The van der Waals surface area contributed by atoms with Crippen molar-refractivity contribution in [2.45, 2.75) is 26.3 Å². The molecule has 2 aromatic rings. The van der Waals surface area contributed by atoms with Gasteiger partial charge in [0.05, 0.1) is 6.04 Å². The second-order valence-electron chi connectivity index (χ2n) is 4.84. The molecule has 0 bridgehead atoms. The smallest absolute Gasteiger partial charge is 0.0502 e. The van der Waals surface area contributed by atoms with E-state index < -0.39 is 0 Å². The molecule has 106 valence electrons. The molecule has 0 aliphatic heterocycles. The maximum Gasteiger partial charge on any atom is 0.0502 e. The van der Waals surface area contributed by atoms with E-state index >= 15 is 0 Å². The molecular weight excluding hydrogens is 293 g/mol. The van der Waals surface area contributed by atoms with Gasteiger partial charge in [-0.2, -0.15) is 0 Å². The fourth-order valence-electron chi connectivity index (χ4n) is 2.25. The predicted octanol–water partition coefficient (Wildman–Crippen LogP) is 3.75. The molecule has 3 nitrogen and oxygen atoms in total. The molecule has 1 unspecified atom stereocenters. The average Bonchev–Trinajstić information content (AvgIpc) is 2.36. The highest BCUT2D eigenvalue weighted by atomic mass is 35.5. The van der Waals surface area contributed by atoms with Gasteiger partial charge in [0.15, 0.2) is 0 Å². The first-order valence-electron chi connectivity index (χ1n) is 6.35. The summed E-state index contributed by atoms with van der Waals surface area (Å²) in [4.78, 5) is 4.38. The standard InChI is InChI=1S/C15H17Cl2N3/c1-9-5-12(6-10(2)19-9)15(20-18)7-11-3-4-13(16)8-14(11)17/h3-6,8,15,20H,7,18H2,1-2H3. The minimum Gasteiger partial charge on any atom is -0.271 e. The maximum absolute atomic E-state index is 6.22. The van der Waals surface area contributed by atoms with Crippen LogP contribution in [0.3, 0.4) is 0 Å². The normalized spacial score (nSPS) is 12.4. The maximum atomic E-state index is 6.22. The number of hydrogen-bond donors (Lipinski definition) is 2. The number of benzene rings is 1. The molecule has 1 heterocycles. The number of nitrogens with zero attached hydrogens (tertiary/aromatic N) is 1. The summed E-state index contributed by atoms with van der Waals surface area (Å²) in [6.45, 7) is 3.94. The van der Waals surface area contributed by atoms with E-state index in [4.69, 9.17) is 29.0 Å². The van der Waals surface area contributed by atoms with E-state index in [1.165, 1.54) is 0 Å². The molecule has 0 aliphatic rings. The van der Waals surface area contributed by atoms with Crippen molar-refractivity contribution in [1.82, 2.24) is 10.4 Å². The Balaban J connectivity index is 2.28. The second kappa shape index (κ2) is 6.55. The summed E-state index contributed by atoms with van der Waals surface area (Å²) >= 11 is 12.1. The molecule has 1 aromatic heterocycles. The summed E-state index contributed by atoms with van der Waals surface area (Å²) in [5, 5.41) is 1.28. The van der Waals surface area contributed by atoms with Gasteiger partial charge in [0.25, 0.3) is 0 Å². The summed E-state index contributed by atoms with van der Waals surface area (Å²) in [5.74, 6) is 5.69. The highest BCUT2D eigenvalue weighted by Crippen LogP contribution is 2.26. The van der Waals surface area contributed by atoms with E-state index in [0.29, 0.717) is 16.5 Å². The van der Waals surface area contributed by atoms with Crippen LogP contribution in [0.2, 0.25) is 10.0 Å². The molecule has 5 heteroatoms. The third kappa shape index (κ3) is 3.70. The number of rotatable bonds is 4. The van der Waals surface area contributed by atoms with Gasteiger partial charge in [-0.25, -0.2) is 0 Å². The van der Waals surface area contributed by atoms with Crippen LogP contribution >= 0.6 is 23.2 Å². The van der Waals surface area contributed by atoms with Gasteiger partial charge in [-0.1, -0.05) is 29.3 Å². The fourth-order valence-corrected chi connectivity index (χ4v) is 2.73. The Labute approximate surface area is 129 Å². The van der Waals surface area contributed by atoms with E-state index in [2.05, 4.69) is 10.4 Å². The molecule has 0 saturated heterocycles. The number of halogens is 2. The lowest BCUT2D eigenvalue weighted by atomic mass is 9.99. The van der Waals surface area contributed by atoms with Gasteiger partial charge < -0.3 is 0 Å². The van der Waals surface area contributed by atoms with Crippen LogP contribution in [0.1, 0.15) is 28.6 Å². The predicted molar refractivity (Wildman–Crippen MR) is 83.9 cm³/mol. The van der Waals surface area contributed by atoms with Crippen LogP contribution in [0, 0.1) is 13.8 Å². The van der Waals surface area contributed by atoms with Crippen molar-refractivity contribution in [2.75, 3.05) is 0 Å². The van der Waals surface area contributed by atoms with E-state index in [0.717, 1.165) is 22.5 Å². The Bertz CT molecular complexity index is 594. The van der Waals surface area contributed by atoms with Crippen molar-refractivity contribution >= 4 is 23.2 Å². The molecule has 0 fully saturated rings. The van der Waals surface area contributed by atoms with Crippen molar-refractivity contribution < 1.29 is 0 Å². The Kier molecular flexibility index (Phi) is 5.00. The minimum atomic E-state index is -0.0194. The third-order valence-electron chi connectivity index (χ3n) is 3.15. The van der Waals surface area contributed by atoms with Crippen LogP contribution in [0.4, 0.5) is 0 Å². The van der Waals surface area contributed by atoms with Crippen LogP contribution in [-0.4, -0.2) is 4.98 Å². The highest BCUT2D eigenvalue weighted by molar-refractivity contribution is 6.35. The molecule has 3 N–H and O–H groups in total. The Morgan fingerprint density at radius 1 is 1.15 bits per heavy atom. The summed E-state index contributed by atoms with van der Waals surface area (Å²) in [7, 11) is 0. The van der Waals surface area contributed by atoms with E-state index in [-0.39, 0.29) is 6.04 Å². The van der Waals surface area contributed by atoms with Crippen molar-refractivity contribution in [3.8, 4) is 0 Å². The second-order valence-corrected chi connectivity index (χ2v) is 5.69. The van der Waals surface area contributed by atoms with Gasteiger partial charge >= 0.3 is 0 Å². The summed E-state index contributed by atoms with van der Waals surface area (Å²) in [5.41, 5.74) is 6.90. The lowest BCUT2D eigenvalue weighted by Crippen LogP contribution is -2.29. The van der Waals surface area contributed by atoms with Crippen molar-refractivity contribution in [2.24, 2.45) is 5.84 Å². The number of hydrogen-bond acceptors (Lipinski definition) is 3. The molecule has 0 aliphatic carbocycles. The van der Waals surface area contributed by atoms with Crippen LogP contribution in [0.15, 0.2) is 30.3 Å². The first kappa shape index (κ1) is 15.3. The summed E-state index contributed by atoms with van der Waals surface area (Å²) in [6.07, 6.45) is 0.690. The zero-order valence-corrected chi connectivity index (χ0v) is 13.0. The van der Waals surface area contributed by atoms with Gasteiger partial charge in [0.1, 0.15) is 0 Å². The SMILES string of the molecule is Cc1cc(C(Cc2ccc(Cl)cc2Cl)NN)cc(C)n1. The number of nitrogens with one attached hydrogen (secondary N) is 1. The number of aromatic nitrogens is 1. The number of pyridine rings is 1. The van der Waals surface area contributed by atoms with Crippen LogP contribution in [0.25, 0.3) is 0 Å². The highest BCUT2D eigenvalue weighted by Gasteiger charge is 2.14. The summed E-state index contributed by atoms with van der Waals surface area (Å²) < 4.78 is 0. The average molecular weight is 310 g/mol. The van der Waals surface area contributed by atoms with Crippen LogP contribution in [-0.2, 0) is 6.42 Å². The zero-order chi connectivity index (χ0) is 14.7. The monoisotopic (exact) mass is 309 g/mol. The first-order chi connectivity index (χ1) is 9.49. The number of hydrazine groups is 1. The Morgan fingerprint density at radius 2 is 1.80 bits per heavy atom. The molecule has 0 radical (unpaired) electrons. The Hall–Kier alpha value is -1.13. The molecular formula is C15H17Cl2N3. The fraction of sp³-hybridized carbons (Fsp3) is 0.267. The van der Waals surface area contributed by atoms with Crippen LogP contribution in [0.5, 0.6) is 0 Å². The van der Waals surface area contributed by atoms with Gasteiger partial charge in [0.2, 0.25) is 0 Å². The Morgan fingerprint density at radius 3 is 2.35 bits per heavy atom. The number of nitrogens with two attached hydrogens (primary N) is 1. The quantitative estimate of drug-likeness (QED) is 0.668. The van der Waals surface area contributed by atoms with Crippen molar-refractivity contribution in [3.63, 3.8) is 0 Å². The van der Waals surface area contributed by atoms with E-state index in [9.17, 15) is 0 Å². The van der Waals surface area contributed by atoms with Gasteiger partial charge in [-0.3, -0.25) is 16.3 Å².